The summed E-state index contributed by atoms with van der Waals surface area (Å²) in [5.41, 5.74) is 2.75. The van der Waals surface area contributed by atoms with Gasteiger partial charge in [0.1, 0.15) is 0 Å². The fraction of sp³-hybridized carbons (Fsp3) is 0.286. The Balaban J connectivity index is 1.74. The summed E-state index contributed by atoms with van der Waals surface area (Å²) in [6.45, 7) is 1.00. The van der Waals surface area contributed by atoms with Crippen LogP contribution in [0.3, 0.4) is 0 Å². The molecule has 1 aliphatic heterocycles. The summed E-state index contributed by atoms with van der Waals surface area (Å²) in [5, 5.41) is 6.65. The second-order valence-electron chi connectivity index (χ2n) is 4.45. The molecular weight excluding hydrogens is 250 g/mol. The maximum absolute atomic E-state index is 6.20. The summed E-state index contributed by atoms with van der Waals surface area (Å²) in [5.74, 6) is 0. The topological polar surface area (TPSA) is 12.0 Å². The van der Waals surface area contributed by atoms with E-state index < -0.39 is 0 Å². The Kier molecular flexibility index (Phi) is 3.19. The third-order valence-electron chi connectivity index (χ3n) is 3.28. The fourth-order valence-electron chi connectivity index (χ4n) is 2.35. The van der Waals surface area contributed by atoms with Gasteiger partial charge in [-0.1, -0.05) is 29.8 Å². The minimum absolute atomic E-state index is 0.511. The quantitative estimate of drug-likeness (QED) is 0.872. The van der Waals surface area contributed by atoms with Crippen LogP contribution in [0.15, 0.2) is 35.7 Å². The standard InChI is InChI=1S/C14H14ClNS/c15-13-4-2-1-3-10(13)7-12-8-11-5-6-17-14(11)9-16-12/h1-6,12,16H,7-9H2. The smallest absolute Gasteiger partial charge is 0.0438 e. The Labute approximate surface area is 110 Å². The molecule has 88 valence electrons. The van der Waals surface area contributed by atoms with E-state index in [1.54, 1.807) is 0 Å². The van der Waals surface area contributed by atoms with E-state index in [0.717, 1.165) is 24.4 Å². The molecule has 0 amide bonds. The fourth-order valence-corrected chi connectivity index (χ4v) is 3.43. The van der Waals surface area contributed by atoms with Crippen LogP contribution in [0.25, 0.3) is 0 Å². The molecule has 17 heavy (non-hydrogen) atoms. The normalized spacial score (nSPS) is 19.0. The average Bonchev–Trinajstić information content (AvgIpc) is 2.79. The Morgan fingerprint density at radius 2 is 2.18 bits per heavy atom. The van der Waals surface area contributed by atoms with Crippen molar-refractivity contribution in [2.75, 3.05) is 0 Å². The molecule has 2 aromatic rings. The van der Waals surface area contributed by atoms with Crippen molar-refractivity contribution in [3.05, 3.63) is 56.7 Å². The number of rotatable bonds is 2. The highest BCUT2D eigenvalue weighted by Crippen LogP contribution is 2.25. The molecule has 0 spiro atoms. The van der Waals surface area contributed by atoms with Gasteiger partial charge in [-0.15, -0.1) is 11.3 Å². The lowest BCUT2D eigenvalue weighted by Gasteiger charge is -2.24. The Hall–Kier alpha value is -0.830. The van der Waals surface area contributed by atoms with Gasteiger partial charge >= 0.3 is 0 Å². The SMILES string of the molecule is Clc1ccccc1CC1Cc2ccsc2CN1. The van der Waals surface area contributed by atoms with Crippen molar-refractivity contribution < 1.29 is 0 Å². The number of hydrogen-bond acceptors (Lipinski definition) is 2. The van der Waals surface area contributed by atoms with E-state index in [1.807, 2.05) is 23.5 Å². The van der Waals surface area contributed by atoms with Crippen molar-refractivity contribution in [1.82, 2.24) is 5.32 Å². The highest BCUT2D eigenvalue weighted by molar-refractivity contribution is 7.10. The van der Waals surface area contributed by atoms with Gasteiger partial charge in [0.2, 0.25) is 0 Å². The first kappa shape index (κ1) is 11.3. The lowest BCUT2D eigenvalue weighted by molar-refractivity contribution is 0.482. The second-order valence-corrected chi connectivity index (χ2v) is 5.85. The summed E-state index contributed by atoms with van der Waals surface area (Å²) in [7, 11) is 0. The van der Waals surface area contributed by atoms with Crippen LogP contribution in [0.4, 0.5) is 0 Å². The van der Waals surface area contributed by atoms with E-state index in [1.165, 1.54) is 16.0 Å². The molecule has 0 saturated carbocycles. The zero-order chi connectivity index (χ0) is 11.7. The number of hydrogen-bond donors (Lipinski definition) is 1. The van der Waals surface area contributed by atoms with Crippen molar-refractivity contribution in [2.24, 2.45) is 0 Å². The largest absolute Gasteiger partial charge is 0.308 e. The van der Waals surface area contributed by atoms with Gasteiger partial charge in [-0.3, -0.25) is 0 Å². The predicted octanol–water partition coefficient (Wildman–Crippen LogP) is 3.66. The number of nitrogens with one attached hydrogen (secondary N) is 1. The highest BCUT2D eigenvalue weighted by Gasteiger charge is 2.19. The zero-order valence-corrected chi connectivity index (χ0v) is 11.0. The van der Waals surface area contributed by atoms with Gasteiger partial charge < -0.3 is 5.32 Å². The van der Waals surface area contributed by atoms with E-state index in [-0.39, 0.29) is 0 Å². The predicted molar refractivity (Wildman–Crippen MR) is 73.8 cm³/mol. The van der Waals surface area contributed by atoms with E-state index in [4.69, 9.17) is 11.6 Å². The zero-order valence-electron chi connectivity index (χ0n) is 9.45. The summed E-state index contributed by atoms with van der Waals surface area (Å²) in [6.07, 6.45) is 2.12. The van der Waals surface area contributed by atoms with Crippen molar-refractivity contribution in [1.29, 1.82) is 0 Å². The van der Waals surface area contributed by atoms with Crippen molar-refractivity contribution in [2.45, 2.75) is 25.4 Å². The molecule has 1 aromatic heterocycles. The second kappa shape index (κ2) is 4.81. The highest BCUT2D eigenvalue weighted by atomic mass is 35.5. The Morgan fingerprint density at radius 3 is 3.06 bits per heavy atom. The van der Waals surface area contributed by atoms with Crippen molar-refractivity contribution in [3.63, 3.8) is 0 Å². The molecule has 0 aliphatic carbocycles. The van der Waals surface area contributed by atoms with Gasteiger partial charge in [0.05, 0.1) is 0 Å². The lowest BCUT2D eigenvalue weighted by Crippen LogP contribution is -2.36. The number of fused-ring (bicyclic) bond motifs is 1. The van der Waals surface area contributed by atoms with Gasteiger partial charge in [-0.25, -0.2) is 0 Å². The molecule has 0 fully saturated rings. The number of benzene rings is 1. The number of halogens is 1. The minimum atomic E-state index is 0.511. The first-order chi connectivity index (χ1) is 8.33. The van der Waals surface area contributed by atoms with Crippen LogP contribution < -0.4 is 5.32 Å². The minimum Gasteiger partial charge on any atom is -0.308 e. The lowest BCUT2D eigenvalue weighted by atomic mass is 9.96. The van der Waals surface area contributed by atoms with Gasteiger partial charge in [-0.2, -0.15) is 0 Å². The Morgan fingerprint density at radius 1 is 1.29 bits per heavy atom. The molecule has 1 aliphatic rings. The molecule has 1 unspecified atom stereocenters. The van der Waals surface area contributed by atoms with E-state index in [2.05, 4.69) is 28.9 Å². The van der Waals surface area contributed by atoms with Gasteiger partial charge in [0, 0.05) is 22.5 Å². The number of thiophene rings is 1. The van der Waals surface area contributed by atoms with Crippen LogP contribution in [0.1, 0.15) is 16.0 Å². The van der Waals surface area contributed by atoms with Crippen molar-refractivity contribution >= 4 is 22.9 Å². The first-order valence-electron chi connectivity index (χ1n) is 5.85. The first-order valence-corrected chi connectivity index (χ1v) is 7.11. The van der Waals surface area contributed by atoms with E-state index in [9.17, 15) is 0 Å². The van der Waals surface area contributed by atoms with Gasteiger partial charge in [0.25, 0.3) is 0 Å². The third kappa shape index (κ3) is 2.39. The van der Waals surface area contributed by atoms with E-state index >= 15 is 0 Å². The van der Waals surface area contributed by atoms with Crippen LogP contribution in [0.2, 0.25) is 5.02 Å². The molecule has 1 N–H and O–H groups in total. The molecule has 3 heteroatoms. The van der Waals surface area contributed by atoms with Crippen LogP contribution in [-0.2, 0) is 19.4 Å². The molecule has 0 saturated heterocycles. The van der Waals surface area contributed by atoms with Crippen LogP contribution >= 0.6 is 22.9 Å². The summed E-state index contributed by atoms with van der Waals surface area (Å²) < 4.78 is 0. The molecule has 1 aromatic carbocycles. The summed E-state index contributed by atoms with van der Waals surface area (Å²) >= 11 is 8.05. The molecule has 1 atom stereocenters. The van der Waals surface area contributed by atoms with Crippen LogP contribution in [0.5, 0.6) is 0 Å². The molecule has 3 rings (SSSR count). The molecule has 1 nitrogen and oxygen atoms in total. The molecular formula is C14H14ClNS. The summed E-state index contributed by atoms with van der Waals surface area (Å²) in [4.78, 5) is 1.49. The van der Waals surface area contributed by atoms with E-state index in [0.29, 0.717) is 6.04 Å². The monoisotopic (exact) mass is 263 g/mol. The van der Waals surface area contributed by atoms with Crippen LogP contribution in [-0.4, -0.2) is 6.04 Å². The third-order valence-corrected chi connectivity index (χ3v) is 4.61. The molecule has 0 radical (unpaired) electrons. The van der Waals surface area contributed by atoms with Crippen molar-refractivity contribution in [3.8, 4) is 0 Å². The Bertz CT molecular complexity index is 520. The van der Waals surface area contributed by atoms with Gasteiger partial charge in [-0.05, 0) is 41.5 Å². The maximum Gasteiger partial charge on any atom is 0.0438 e. The summed E-state index contributed by atoms with van der Waals surface area (Å²) in [6, 6.07) is 10.9. The molecule has 0 bridgehead atoms. The molecule has 2 heterocycles. The van der Waals surface area contributed by atoms with Gasteiger partial charge in [0.15, 0.2) is 0 Å². The van der Waals surface area contributed by atoms with Crippen LogP contribution in [0, 0.1) is 0 Å². The average molecular weight is 264 g/mol. The maximum atomic E-state index is 6.20.